The standard InChI is InChI=1S/C22H21N3O10/c1-10(26)17(25-24-14-7-12(19(28)29)6-13(8-14)20(30)31)18(27)23-16-9-11(21(32)34-2)4-5-15(16)22(33)35-3/h5-9,11,26H,4H2,1-3H3,(H,23,27)(H,28,29)(H,30,31)/t11-/m1/s1. The van der Waals surface area contributed by atoms with E-state index < -0.39 is 47.2 Å². The molecule has 0 saturated carbocycles. The van der Waals surface area contributed by atoms with Crippen molar-refractivity contribution in [3.05, 3.63) is 64.2 Å². The average Bonchev–Trinajstić information content (AvgIpc) is 2.82. The summed E-state index contributed by atoms with van der Waals surface area (Å²) in [5.74, 6) is -6.67. The Morgan fingerprint density at radius 1 is 0.971 bits per heavy atom. The van der Waals surface area contributed by atoms with Crippen LogP contribution in [0, 0.1) is 5.92 Å². The van der Waals surface area contributed by atoms with Gasteiger partial charge in [-0.25, -0.2) is 14.4 Å². The molecule has 0 aliphatic heterocycles. The van der Waals surface area contributed by atoms with Crippen LogP contribution in [0.2, 0.25) is 0 Å². The fraction of sp³-hybridized carbons (Fsp3) is 0.227. The first-order valence-corrected chi connectivity index (χ1v) is 9.81. The van der Waals surface area contributed by atoms with Crippen LogP contribution in [0.5, 0.6) is 0 Å². The zero-order chi connectivity index (χ0) is 26.3. The number of benzene rings is 1. The highest BCUT2D eigenvalue weighted by Gasteiger charge is 2.28. The first-order chi connectivity index (χ1) is 16.5. The van der Waals surface area contributed by atoms with Crippen LogP contribution in [0.1, 0.15) is 34.1 Å². The van der Waals surface area contributed by atoms with Gasteiger partial charge in [-0.2, -0.15) is 5.11 Å². The molecule has 1 atom stereocenters. The molecule has 1 aromatic carbocycles. The Morgan fingerprint density at radius 2 is 1.57 bits per heavy atom. The maximum Gasteiger partial charge on any atom is 0.339 e. The Morgan fingerprint density at radius 3 is 2.06 bits per heavy atom. The molecule has 1 amide bonds. The summed E-state index contributed by atoms with van der Waals surface area (Å²) in [5, 5.41) is 37.9. The number of carbonyl (C=O) groups excluding carboxylic acids is 3. The van der Waals surface area contributed by atoms with Gasteiger partial charge < -0.3 is 30.1 Å². The van der Waals surface area contributed by atoms with Crippen molar-refractivity contribution >= 4 is 35.5 Å². The van der Waals surface area contributed by atoms with E-state index in [0.29, 0.717) is 0 Å². The molecule has 1 aromatic rings. The van der Waals surface area contributed by atoms with Crippen LogP contribution >= 0.6 is 0 Å². The Labute approximate surface area is 198 Å². The van der Waals surface area contributed by atoms with Crippen LogP contribution in [0.25, 0.3) is 0 Å². The lowest BCUT2D eigenvalue weighted by molar-refractivity contribution is -0.144. The van der Waals surface area contributed by atoms with Gasteiger partial charge in [0.15, 0.2) is 5.70 Å². The van der Waals surface area contributed by atoms with E-state index in [0.717, 1.165) is 32.2 Å². The molecule has 0 bridgehead atoms. The minimum Gasteiger partial charge on any atom is -0.510 e. The van der Waals surface area contributed by atoms with Crippen molar-refractivity contribution in [2.24, 2.45) is 16.1 Å². The lowest BCUT2D eigenvalue weighted by atomic mass is 9.94. The zero-order valence-corrected chi connectivity index (χ0v) is 18.8. The Kier molecular flexibility index (Phi) is 8.58. The number of azo groups is 1. The van der Waals surface area contributed by atoms with Crippen molar-refractivity contribution in [1.82, 2.24) is 5.32 Å². The molecule has 0 spiro atoms. The van der Waals surface area contributed by atoms with Gasteiger partial charge in [0, 0.05) is 0 Å². The Hall–Kier alpha value is -4.81. The average molecular weight is 487 g/mol. The number of aliphatic hydroxyl groups is 1. The predicted molar refractivity (Wildman–Crippen MR) is 117 cm³/mol. The summed E-state index contributed by atoms with van der Waals surface area (Å²) >= 11 is 0. The van der Waals surface area contributed by atoms with Crippen molar-refractivity contribution in [2.45, 2.75) is 13.3 Å². The first kappa shape index (κ1) is 26.4. The van der Waals surface area contributed by atoms with Crippen LogP contribution < -0.4 is 5.32 Å². The predicted octanol–water partition coefficient (Wildman–Crippen LogP) is 2.25. The molecule has 4 N–H and O–H groups in total. The van der Waals surface area contributed by atoms with Crippen molar-refractivity contribution in [2.75, 3.05) is 14.2 Å². The van der Waals surface area contributed by atoms with E-state index in [9.17, 15) is 29.1 Å². The Bertz CT molecular complexity index is 1170. The van der Waals surface area contributed by atoms with Crippen LogP contribution in [-0.4, -0.2) is 59.3 Å². The number of aliphatic hydroxyl groups excluding tert-OH is 1. The normalized spacial score (nSPS) is 15.9. The largest absolute Gasteiger partial charge is 0.510 e. The van der Waals surface area contributed by atoms with Crippen LogP contribution in [0.4, 0.5) is 5.69 Å². The van der Waals surface area contributed by atoms with Gasteiger partial charge in [-0.3, -0.25) is 9.59 Å². The number of carbonyl (C=O) groups is 5. The number of carboxylic acids is 2. The van der Waals surface area contributed by atoms with Crippen molar-refractivity contribution in [3.63, 3.8) is 0 Å². The van der Waals surface area contributed by atoms with Crippen molar-refractivity contribution < 1.29 is 48.8 Å². The van der Waals surface area contributed by atoms with E-state index in [1.54, 1.807) is 0 Å². The lowest BCUT2D eigenvalue weighted by Crippen LogP contribution is -2.31. The Balaban J connectivity index is 2.39. The summed E-state index contributed by atoms with van der Waals surface area (Å²) < 4.78 is 9.37. The highest BCUT2D eigenvalue weighted by molar-refractivity contribution is 6.00. The van der Waals surface area contributed by atoms with Gasteiger partial charge >= 0.3 is 23.9 Å². The SMILES string of the molecule is COC(=O)C1=CC[C@@H](C(=O)OC)C=C1NC(=O)C(N=Nc1cc(C(=O)O)cc(C(=O)O)c1)=C(C)O. The summed E-state index contributed by atoms with van der Waals surface area (Å²) in [6, 6.07) is 2.95. The lowest BCUT2D eigenvalue weighted by Gasteiger charge is -2.20. The maximum atomic E-state index is 12.8. The molecule has 0 heterocycles. The third-order valence-corrected chi connectivity index (χ3v) is 4.63. The molecule has 0 fully saturated rings. The molecular formula is C22H21N3O10. The molecule has 0 radical (unpaired) electrons. The second-order valence-corrected chi connectivity index (χ2v) is 7.02. The summed E-state index contributed by atoms with van der Waals surface area (Å²) in [7, 11) is 2.31. The zero-order valence-electron chi connectivity index (χ0n) is 18.8. The smallest absolute Gasteiger partial charge is 0.339 e. The number of carboxylic acid groups (broad SMARTS) is 2. The molecule has 1 aliphatic carbocycles. The number of nitrogens with one attached hydrogen (secondary N) is 1. The number of rotatable bonds is 8. The molecule has 0 saturated heterocycles. The third kappa shape index (κ3) is 6.60. The van der Waals surface area contributed by atoms with E-state index in [-0.39, 0.29) is 34.5 Å². The molecule has 2 rings (SSSR count). The van der Waals surface area contributed by atoms with E-state index in [2.05, 4.69) is 25.0 Å². The summed E-state index contributed by atoms with van der Waals surface area (Å²) in [5.41, 5.74) is -1.77. The number of hydrogen-bond acceptors (Lipinski definition) is 10. The van der Waals surface area contributed by atoms with Gasteiger partial charge in [0.25, 0.3) is 5.91 Å². The number of nitrogens with zero attached hydrogens (tertiary/aromatic N) is 2. The van der Waals surface area contributed by atoms with Crippen LogP contribution in [-0.2, 0) is 23.9 Å². The number of hydrogen-bond donors (Lipinski definition) is 4. The minimum absolute atomic E-state index is 0.0480. The minimum atomic E-state index is -1.41. The summed E-state index contributed by atoms with van der Waals surface area (Å²) in [6.07, 6.45) is 2.78. The molecule has 13 nitrogen and oxygen atoms in total. The second-order valence-electron chi connectivity index (χ2n) is 7.02. The first-order valence-electron chi connectivity index (χ1n) is 9.81. The molecule has 0 unspecified atom stereocenters. The summed E-state index contributed by atoms with van der Waals surface area (Å²) in [6.45, 7) is 1.12. The summed E-state index contributed by atoms with van der Waals surface area (Å²) in [4.78, 5) is 59.3. The molecule has 1 aliphatic rings. The number of aromatic carboxylic acids is 2. The van der Waals surface area contributed by atoms with E-state index in [1.807, 2.05) is 0 Å². The highest BCUT2D eigenvalue weighted by Crippen LogP contribution is 2.25. The van der Waals surface area contributed by atoms with Crippen molar-refractivity contribution in [3.8, 4) is 0 Å². The van der Waals surface area contributed by atoms with Gasteiger partial charge in [-0.1, -0.05) is 6.08 Å². The number of methoxy groups -OCH3 is 2. The topological polar surface area (TPSA) is 201 Å². The monoisotopic (exact) mass is 487 g/mol. The van der Waals surface area contributed by atoms with Gasteiger partial charge in [0.1, 0.15) is 5.76 Å². The van der Waals surface area contributed by atoms with Crippen LogP contribution in [0.3, 0.4) is 0 Å². The van der Waals surface area contributed by atoms with E-state index in [1.165, 1.54) is 19.3 Å². The van der Waals surface area contributed by atoms with Crippen molar-refractivity contribution in [1.29, 1.82) is 0 Å². The van der Waals surface area contributed by atoms with Crippen LogP contribution in [0.15, 0.2) is 63.3 Å². The maximum absolute atomic E-state index is 12.8. The van der Waals surface area contributed by atoms with Gasteiger partial charge in [-0.15, -0.1) is 5.11 Å². The highest BCUT2D eigenvalue weighted by atomic mass is 16.5. The molecular weight excluding hydrogens is 466 g/mol. The molecule has 13 heteroatoms. The number of allylic oxidation sites excluding steroid dienone is 2. The number of esters is 2. The number of amides is 1. The second kappa shape index (κ2) is 11.4. The van der Waals surface area contributed by atoms with Gasteiger partial charge in [0.2, 0.25) is 0 Å². The van der Waals surface area contributed by atoms with E-state index in [4.69, 9.17) is 10.2 Å². The number of ether oxygens (including phenoxy) is 2. The van der Waals surface area contributed by atoms with Gasteiger partial charge in [0.05, 0.1) is 48.2 Å². The van der Waals surface area contributed by atoms with Gasteiger partial charge in [-0.05, 0) is 37.6 Å². The molecule has 0 aromatic heterocycles. The fourth-order valence-electron chi connectivity index (χ4n) is 2.93. The third-order valence-electron chi connectivity index (χ3n) is 4.63. The molecule has 184 valence electrons. The molecule has 35 heavy (non-hydrogen) atoms. The quantitative estimate of drug-likeness (QED) is 0.182. The fourth-order valence-corrected chi connectivity index (χ4v) is 2.93. The van der Waals surface area contributed by atoms with E-state index >= 15 is 0 Å².